The number of fused-ring (bicyclic) bond motifs is 1. The van der Waals surface area contributed by atoms with Crippen molar-refractivity contribution in [3.63, 3.8) is 0 Å². The minimum absolute atomic E-state index is 0.0975. The molecule has 0 spiro atoms. The van der Waals surface area contributed by atoms with E-state index in [0.29, 0.717) is 12.0 Å². The molecule has 1 aromatic carbocycles. The number of nitrogens with zero attached hydrogens (tertiary/aromatic N) is 2. The van der Waals surface area contributed by atoms with Crippen molar-refractivity contribution in [1.82, 2.24) is 14.8 Å². The summed E-state index contributed by atoms with van der Waals surface area (Å²) < 4.78 is 2.00. The van der Waals surface area contributed by atoms with Gasteiger partial charge >= 0.3 is 0 Å². The molecule has 0 bridgehead atoms. The number of hydrogen-bond donors (Lipinski definition) is 1. The average Bonchev–Trinajstić information content (AvgIpc) is 3.21. The van der Waals surface area contributed by atoms with Crippen LogP contribution in [-0.4, -0.2) is 41.1 Å². The van der Waals surface area contributed by atoms with Crippen LogP contribution >= 0.6 is 0 Å². The minimum atomic E-state index is -0.294. The predicted octanol–water partition coefficient (Wildman–Crippen LogP) is 3.46. The highest BCUT2D eigenvalue weighted by Crippen LogP contribution is 2.30. The summed E-state index contributed by atoms with van der Waals surface area (Å²) in [5.41, 5.74) is 1.03. The Morgan fingerprint density at radius 2 is 1.77 bits per heavy atom. The lowest BCUT2D eigenvalue weighted by Gasteiger charge is -2.44. The lowest BCUT2D eigenvalue weighted by atomic mass is 9.83. The van der Waals surface area contributed by atoms with Gasteiger partial charge in [-0.3, -0.25) is 4.79 Å². The van der Waals surface area contributed by atoms with Crippen LogP contribution in [0, 0.1) is 5.92 Å². The summed E-state index contributed by atoms with van der Waals surface area (Å²) in [5.74, 6) is 0.689. The number of piperidine rings is 2. The number of amides is 1. The van der Waals surface area contributed by atoms with Crippen LogP contribution in [0.5, 0.6) is 0 Å². The van der Waals surface area contributed by atoms with Gasteiger partial charge in [0.15, 0.2) is 0 Å². The highest BCUT2D eigenvalue weighted by Gasteiger charge is 2.33. The zero-order valence-corrected chi connectivity index (χ0v) is 15.4. The monoisotopic (exact) mass is 351 g/mol. The minimum Gasteiger partial charge on any atom is -0.354 e. The number of rotatable bonds is 5. The fraction of sp³-hybridized carbons (Fsp3) is 0.500. The van der Waals surface area contributed by atoms with Crippen LogP contribution in [0.4, 0.5) is 0 Å². The fourth-order valence-electron chi connectivity index (χ4n) is 4.76. The summed E-state index contributed by atoms with van der Waals surface area (Å²) in [6.07, 6.45) is 10.4. The first kappa shape index (κ1) is 17.3. The van der Waals surface area contributed by atoms with E-state index in [2.05, 4.69) is 10.2 Å². The average molecular weight is 351 g/mol. The third-order valence-corrected chi connectivity index (χ3v) is 6.06. The van der Waals surface area contributed by atoms with Crippen LogP contribution in [0.3, 0.4) is 0 Å². The van der Waals surface area contributed by atoms with Crippen molar-refractivity contribution in [2.45, 2.75) is 44.2 Å². The third kappa shape index (κ3) is 3.70. The molecule has 2 aromatic rings. The van der Waals surface area contributed by atoms with Gasteiger partial charge in [0.2, 0.25) is 5.91 Å². The van der Waals surface area contributed by atoms with Crippen LogP contribution in [-0.2, 0) is 4.79 Å². The van der Waals surface area contributed by atoms with Crippen LogP contribution in [0.25, 0.3) is 0 Å². The summed E-state index contributed by atoms with van der Waals surface area (Å²) in [5, 5.41) is 3.29. The van der Waals surface area contributed by atoms with Crippen molar-refractivity contribution in [2.24, 2.45) is 5.92 Å². The summed E-state index contributed by atoms with van der Waals surface area (Å²) in [4.78, 5) is 15.8. The first-order chi connectivity index (χ1) is 12.8. The highest BCUT2D eigenvalue weighted by atomic mass is 16.2. The molecule has 1 N–H and O–H groups in total. The normalized spacial score (nSPS) is 24.6. The van der Waals surface area contributed by atoms with Crippen molar-refractivity contribution in [3.8, 4) is 0 Å². The van der Waals surface area contributed by atoms with E-state index in [1.807, 2.05) is 59.4 Å². The van der Waals surface area contributed by atoms with Gasteiger partial charge in [0.25, 0.3) is 0 Å². The molecule has 0 saturated carbocycles. The van der Waals surface area contributed by atoms with Gasteiger partial charge in [-0.1, -0.05) is 36.8 Å². The van der Waals surface area contributed by atoms with Crippen molar-refractivity contribution >= 4 is 5.91 Å². The second kappa shape index (κ2) is 8.09. The summed E-state index contributed by atoms with van der Waals surface area (Å²) >= 11 is 0. The molecule has 0 aliphatic carbocycles. The van der Waals surface area contributed by atoms with Gasteiger partial charge in [-0.05, 0) is 62.4 Å². The Bertz CT molecular complexity index is 695. The molecule has 1 amide bonds. The van der Waals surface area contributed by atoms with E-state index in [1.54, 1.807) is 0 Å². The van der Waals surface area contributed by atoms with Crippen LogP contribution in [0.1, 0.15) is 43.7 Å². The van der Waals surface area contributed by atoms with Crippen molar-refractivity contribution in [2.75, 3.05) is 19.6 Å². The lowest BCUT2D eigenvalue weighted by Crippen LogP contribution is -2.51. The van der Waals surface area contributed by atoms with Gasteiger partial charge in [-0.2, -0.15) is 0 Å². The molecule has 3 atom stereocenters. The molecule has 138 valence electrons. The first-order valence-corrected chi connectivity index (χ1v) is 10.0. The predicted molar refractivity (Wildman–Crippen MR) is 104 cm³/mol. The van der Waals surface area contributed by atoms with Crippen LogP contribution < -0.4 is 5.32 Å². The molecule has 2 aliphatic rings. The standard InChI is InChI=1S/C22H29N3O/c26-22(21(25-14-6-7-15-25)18-9-2-1-3-10-18)23-17-19-11-8-16-24-13-5-4-12-20(19)24/h1-3,6-7,9-10,14-15,19-21H,4-5,8,11-13,16-17H2,(H,23,26)/t19-,20+,21+/m0/s1. The lowest BCUT2D eigenvalue weighted by molar-refractivity contribution is -0.123. The van der Waals surface area contributed by atoms with E-state index in [0.717, 1.165) is 12.1 Å². The summed E-state index contributed by atoms with van der Waals surface area (Å²) in [7, 11) is 0. The molecule has 26 heavy (non-hydrogen) atoms. The Kier molecular flexibility index (Phi) is 5.40. The number of carbonyl (C=O) groups excluding carboxylic acids is 1. The van der Waals surface area contributed by atoms with Crippen molar-refractivity contribution < 1.29 is 4.79 Å². The Hall–Kier alpha value is -2.07. The molecule has 2 aliphatic heterocycles. The molecule has 4 nitrogen and oxygen atoms in total. The number of hydrogen-bond acceptors (Lipinski definition) is 2. The van der Waals surface area contributed by atoms with E-state index >= 15 is 0 Å². The topological polar surface area (TPSA) is 37.3 Å². The van der Waals surface area contributed by atoms with Crippen molar-refractivity contribution in [3.05, 3.63) is 60.4 Å². The highest BCUT2D eigenvalue weighted by molar-refractivity contribution is 5.83. The summed E-state index contributed by atoms with van der Waals surface area (Å²) in [6.45, 7) is 3.28. The maximum absolute atomic E-state index is 13.1. The van der Waals surface area contributed by atoms with Gasteiger partial charge in [0.1, 0.15) is 6.04 Å². The Morgan fingerprint density at radius 1 is 1.00 bits per heavy atom. The molecule has 0 unspecified atom stereocenters. The van der Waals surface area contributed by atoms with Gasteiger partial charge in [0, 0.05) is 25.0 Å². The molecule has 2 fully saturated rings. The SMILES string of the molecule is O=C(NC[C@@H]1CCCN2CCCC[C@H]12)[C@@H](c1ccccc1)n1cccc1. The second-order valence-electron chi connectivity index (χ2n) is 7.69. The number of nitrogens with one attached hydrogen (secondary N) is 1. The van der Waals surface area contributed by atoms with E-state index in [4.69, 9.17) is 0 Å². The van der Waals surface area contributed by atoms with Crippen LogP contribution in [0.2, 0.25) is 0 Å². The van der Waals surface area contributed by atoms with E-state index in [9.17, 15) is 4.79 Å². The molecule has 3 heterocycles. The molecular weight excluding hydrogens is 322 g/mol. The van der Waals surface area contributed by atoms with E-state index in [-0.39, 0.29) is 11.9 Å². The Labute approximate surface area is 156 Å². The van der Waals surface area contributed by atoms with E-state index in [1.165, 1.54) is 45.2 Å². The smallest absolute Gasteiger partial charge is 0.247 e. The third-order valence-electron chi connectivity index (χ3n) is 6.06. The van der Waals surface area contributed by atoms with E-state index < -0.39 is 0 Å². The molecule has 2 saturated heterocycles. The zero-order valence-electron chi connectivity index (χ0n) is 15.4. The number of carbonyl (C=O) groups is 1. The maximum atomic E-state index is 13.1. The maximum Gasteiger partial charge on any atom is 0.247 e. The van der Waals surface area contributed by atoms with Gasteiger partial charge < -0.3 is 14.8 Å². The van der Waals surface area contributed by atoms with Crippen LogP contribution in [0.15, 0.2) is 54.9 Å². The quantitative estimate of drug-likeness (QED) is 0.896. The van der Waals surface area contributed by atoms with Gasteiger partial charge in [0.05, 0.1) is 0 Å². The second-order valence-corrected chi connectivity index (χ2v) is 7.69. The molecule has 4 heteroatoms. The fourth-order valence-corrected chi connectivity index (χ4v) is 4.76. The summed E-state index contributed by atoms with van der Waals surface area (Å²) in [6, 6.07) is 14.4. The largest absolute Gasteiger partial charge is 0.354 e. The molecule has 1 aromatic heterocycles. The molecule has 0 radical (unpaired) electrons. The zero-order chi connectivity index (χ0) is 17.8. The first-order valence-electron chi connectivity index (χ1n) is 10.0. The van der Waals surface area contributed by atoms with Gasteiger partial charge in [-0.25, -0.2) is 0 Å². The number of benzene rings is 1. The van der Waals surface area contributed by atoms with Crippen molar-refractivity contribution in [1.29, 1.82) is 0 Å². The number of aromatic nitrogens is 1. The molecule has 4 rings (SSSR count). The Morgan fingerprint density at radius 3 is 2.58 bits per heavy atom. The van der Waals surface area contributed by atoms with Gasteiger partial charge in [-0.15, -0.1) is 0 Å². The molecular formula is C22H29N3O. The Balaban J connectivity index is 1.45.